The van der Waals surface area contributed by atoms with Gasteiger partial charge in [-0.3, -0.25) is 4.79 Å². The summed E-state index contributed by atoms with van der Waals surface area (Å²) in [7, 11) is 2.99. The summed E-state index contributed by atoms with van der Waals surface area (Å²) in [6, 6.07) is 3.21. The molecule has 0 aliphatic heterocycles. The number of ketones is 1. The second-order valence-corrected chi connectivity index (χ2v) is 3.77. The first kappa shape index (κ1) is 15.0. The molecule has 1 aromatic carbocycles. The summed E-state index contributed by atoms with van der Waals surface area (Å²) >= 11 is 0. The van der Waals surface area contributed by atoms with Crippen molar-refractivity contribution < 1.29 is 23.8 Å². The molecule has 0 saturated heterocycles. The fourth-order valence-corrected chi connectivity index (χ4v) is 1.73. The second-order valence-electron chi connectivity index (χ2n) is 3.77. The lowest BCUT2D eigenvalue weighted by atomic mass is 10.0. The Morgan fingerprint density at radius 2 is 1.63 bits per heavy atom. The van der Waals surface area contributed by atoms with Gasteiger partial charge in [-0.05, 0) is 31.0 Å². The Kier molecular flexibility index (Phi) is 5.36. The highest BCUT2D eigenvalue weighted by molar-refractivity contribution is 6.41. The average molecular weight is 266 g/mol. The summed E-state index contributed by atoms with van der Waals surface area (Å²) in [6.45, 7) is 3.71. The molecule has 5 heteroatoms. The van der Waals surface area contributed by atoms with Crippen molar-refractivity contribution in [2.75, 3.05) is 20.8 Å². The Balaban J connectivity index is 3.25. The van der Waals surface area contributed by atoms with E-state index in [0.717, 1.165) is 5.56 Å². The van der Waals surface area contributed by atoms with Gasteiger partial charge in [-0.25, -0.2) is 4.79 Å². The zero-order valence-corrected chi connectivity index (χ0v) is 11.6. The number of rotatable bonds is 6. The number of benzene rings is 1. The van der Waals surface area contributed by atoms with Crippen LogP contribution < -0.4 is 9.47 Å². The maximum atomic E-state index is 12.0. The highest BCUT2D eigenvalue weighted by atomic mass is 16.5. The van der Waals surface area contributed by atoms with Crippen LogP contribution in [0.1, 0.15) is 29.8 Å². The number of ether oxygens (including phenoxy) is 3. The Morgan fingerprint density at radius 3 is 2.11 bits per heavy atom. The van der Waals surface area contributed by atoms with Gasteiger partial charge < -0.3 is 14.2 Å². The molecule has 0 fully saturated rings. The van der Waals surface area contributed by atoms with Crippen LogP contribution >= 0.6 is 0 Å². The number of carbonyl (C=O) groups is 2. The predicted octanol–water partition coefficient (Wildman–Crippen LogP) is 2.01. The van der Waals surface area contributed by atoms with Crippen molar-refractivity contribution >= 4 is 11.8 Å². The van der Waals surface area contributed by atoms with Crippen molar-refractivity contribution in [2.45, 2.75) is 20.3 Å². The van der Waals surface area contributed by atoms with E-state index < -0.39 is 11.8 Å². The Bertz CT molecular complexity index is 479. The van der Waals surface area contributed by atoms with E-state index in [9.17, 15) is 9.59 Å². The maximum Gasteiger partial charge on any atom is 0.379 e. The molecule has 0 amide bonds. The van der Waals surface area contributed by atoms with Gasteiger partial charge in [-0.15, -0.1) is 0 Å². The predicted molar refractivity (Wildman–Crippen MR) is 69.9 cm³/mol. The molecule has 0 saturated carbocycles. The van der Waals surface area contributed by atoms with Crippen LogP contribution in [0.3, 0.4) is 0 Å². The van der Waals surface area contributed by atoms with Crippen LogP contribution in [0.25, 0.3) is 0 Å². The van der Waals surface area contributed by atoms with Crippen LogP contribution in [0.5, 0.6) is 11.5 Å². The maximum absolute atomic E-state index is 12.0. The second kappa shape index (κ2) is 6.78. The Hall–Kier alpha value is -2.04. The molecule has 0 spiro atoms. The number of Topliss-reactive ketones (excluding diaryl/α,β-unsaturated/α-hetero) is 1. The van der Waals surface area contributed by atoms with E-state index in [4.69, 9.17) is 14.2 Å². The molecule has 0 atom stereocenters. The fourth-order valence-electron chi connectivity index (χ4n) is 1.73. The van der Waals surface area contributed by atoms with Gasteiger partial charge in [0.2, 0.25) is 0 Å². The van der Waals surface area contributed by atoms with E-state index in [-0.39, 0.29) is 6.61 Å². The highest BCUT2D eigenvalue weighted by Crippen LogP contribution is 2.31. The van der Waals surface area contributed by atoms with E-state index >= 15 is 0 Å². The molecule has 0 unspecified atom stereocenters. The Labute approximate surface area is 112 Å². The van der Waals surface area contributed by atoms with Crippen molar-refractivity contribution in [2.24, 2.45) is 0 Å². The molecule has 104 valence electrons. The molecule has 0 aliphatic rings. The quantitative estimate of drug-likeness (QED) is 0.448. The molecular weight excluding hydrogens is 248 g/mol. The molecule has 0 N–H and O–H groups in total. The van der Waals surface area contributed by atoms with Gasteiger partial charge in [0.05, 0.1) is 20.8 Å². The van der Waals surface area contributed by atoms with E-state index in [1.54, 1.807) is 13.0 Å². The summed E-state index contributed by atoms with van der Waals surface area (Å²) in [6.07, 6.45) is 0.598. The van der Waals surface area contributed by atoms with Gasteiger partial charge >= 0.3 is 5.97 Å². The zero-order chi connectivity index (χ0) is 14.4. The van der Waals surface area contributed by atoms with E-state index in [0.29, 0.717) is 23.5 Å². The van der Waals surface area contributed by atoms with Gasteiger partial charge in [0.25, 0.3) is 5.78 Å². The smallest absolute Gasteiger partial charge is 0.379 e. The van der Waals surface area contributed by atoms with E-state index in [2.05, 4.69) is 0 Å². The summed E-state index contributed by atoms with van der Waals surface area (Å²) < 4.78 is 15.0. The van der Waals surface area contributed by atoms with Crippen LogP contribution in [-0.2, 0) is 16.0 Å². The molecular formula is C14H18O5. The molecule has 19 heavy (non-hydrogen) atoms. The number of carbonyl (C=O) groups excluding carboxylic acids is 2. The monoisotopic (exact) mass is 266 g/mol. The largest absolute Gasteiger partial charge is 0.493 e. The SMILES string of the molecule is CCOC(=O)C(=O)c1cc(OC)c(OC)cc1CC. The minimum absolute atomic E-state index is 0.166. The minimum atomic E-state index is -0.857. The van der Waals surface area contributed by atoms with Gasteiger partial charge in [-0.1, -0.05) is 6.92 Å². The molecule has 1 rings (SSSR count). The number of hydrogen-bond acceptors (Lipinski definition) is 5. The lowest BCUT2D eigenvalue weighted by molar-refractivity contribution is -0.137. The minimum Gasteiger partial charge on any atom is -0.493 e. The van der Waals surface area contributed by atoms with Gasteiger partial charge in [-0.2, -0.15) is 0 Å². The third-order valence-corrected chi connectivity index (χ3v) is 2.70. The molecule has 5 nitrogen and oxygen atoms in total. The third kappa shape index (κ3) is 3.24. The fraction of sp³-hybridized carbons (Fsp3) is 0.429. The Morgan fingerprint density at radius 1 is 1.05 bits per heavy atom. The lowest BCUT2D eigenvalue weighted by Crippen LogP contribution is -2.19. The van der Waals surface area contributed by atoms with Crippen molar-refractivity contribution in [3.05, 3.63) is 23.3 Å². The number of aryl methyl sites for hydroxylation is 1. The molecule has 0 bridgehead atoms. The first-order valence-electron chi connectivity index (χ1n) is 6.05. The molecule has 0 heterocycles. The normalized spacial score (nSPS) is 9.89. The summed E-state index contributed by atoms with van der Waals surface area (Å²) in [4.78, 5) is 23.5. The number of esters is 1. The van der Waals surface area contributed by atoms with Crippen molar-refractivity contribution in [1.29, 1.82) is 0 Å². The zero-order valence-electron chi connectivity index (χ0n) is 11.6. The highest BCUT2D eigenvalue weighted by Gasteiger charge is 2.22. The number of hydrogen-bond donors (Lipinski definition) is 0. The van der Waals surface area contributed by atoms with Crippen LogP contribution in [0.4, 0.5) is 0 Å². The first-order valence-corrected chi connectivity index (χ1v) is 6.05. The van der Waals surface area contributed by atoms with Crippen LogP contribution in [-0.4, -0.2) is 32.6 Å². The van der Waals surface area contributed by atoms with Gasteiger partial charge in [0.1, 0.15) is 0 Å². The summed E-state index contributed by atoms with van der Waals surface area (Å²) in [5.74, 6) is -0.587. The van der Waals surface area contributed by atoms with Crippen LogP contribution in [0, 0.1) is 0 Å². The van der Waals surface area contributed by atoms with Crippen LogP contribution in [0.15, 0.2) is 12.1 Å². The summed E-state index contributed by atoms with van der Waals surface area (Å²) in [5, 5.41) is 0. The topological polar surface area (TPSA) is 61.8 Å². The third-order valence-electron chi connectivity index (χ3n) is 2.70. The van der Waals surface area contributed by atoms with Gasteiger partial charge in [0, 0.05) is 5.56 Å². The van der Waals surface area contributed by atoms with Gasteiger partial charge in [0.15, 0.2) is 11.5 Å². The van der Waals surface area contributed by atoms with Crippen molar-refractivity contribution in [3.63, 3.8) is 0 Å². The standard InChI is InChI=1S/C14H18O5/c1-5-9-7-11(17-3)12(18-4)8-10(9)13(15)14(16)19-6-2/h7-8H,5-6H2,1-4H3. The average Bonchev–Trinajstić information content (AvgIpc) is 2.45. The molecule has 0 aliphatic carbocycles. The van der Waals surface area contributed by atoms with E-state index in [1.807, 2.05) is 6.92 Å². The van der Waals surface area contributed by atoms with E-state index in [1.165, 1.54) is 20.3 Å². The molecule has 0 aromatic heterocycles. The number of methoxy groups -OCH3 is 2. The summed E-state index contributed by atoms with van der Waals surface area (Å²) in [5.41, 5.74) is 1.01. The molecule has 1 aromatic rings. The molecule has 0 radical (unpaired) electrons. The van der Waals surface area contributed by atoms with Crippen molar-refractivity contribution in [3.8, 4) is 11.5 Å². The lowest BCUT2D eigenvalue weighted by Gasteiger charge is -2.12. The first-order chi connectivity index (χ1) is 9.08. The van der Waals surface area contributed by atoms with Crippen LogP contribution in [0.2, 0.25) is 0 Å². The van der Waals surface area contributed by atoms with Crippen molar-refractivity contribution in [1.82, 2.24) is 0 Å².